The van der Waals surface area contributed by atoms with Crippen LogP contribution in [0.2, 0.25) is 0 Å². The zero-order valence-corrected chi connectivity index (χ0v) is 16.3. The second-order valence-corrected chi connectivity index (χ2v) is 6.69. The minimum Gasteiger partial charge on any atom is -0.495 e. The fourth-order valence-electron chi connectivity index (χ4n) is 2.68. The number of anilines is 1. The molecule has 0 aromatic heterocycles. The smallest absolute Gasteiger partial charge is 0.298 e. The number of methoxy groups -OCH3 is 2. The van der Waals surface area contributed by atoms with Gasteiger partial charge in [0.15, 0.2) is 11.5 Å². The van der Waals surface area contributed by atoms with Crippen LogP contribution in [0.4, 0.5) is 10.5 Å². The fraction of sp³-hybridized carbons (Fsp3) is 0.143. The summed E-state index contributed by atoms with van der Waals surface area (Å²) >= 11 is 0.880. The molecule has 0 spiro atoms. The normalized spacial score (nSPS) is 15.1. The van der Waals surface area contributed by atoms with Crippen molar-refractivity contribution in [2.24, 2.45) is 0 Å². The van der Waals surface area contributed by atoms with Gasteiger partial charge in [0.25, 0.3) is 11.1 Å². The third-order valence-electron chi connectivity index (χ3n) is 3.96. The quantitative estimate of drug-likeness (QED) is 0.506. The summed E-state index contributed by atoms with van der Waals surface area (Å²) in [5.74, 6) is 1.16. The molecular formula is C21H19NO5S. The average molecular weight is 397 g/mol. The van der Waals surface area contributed by atoms with Crippen molar-refractivity contribution in [1.82, 2.24) is 0 Å². The molecule has 0 saturated carbocycles. The minimum absolute atomic E-state index is 0.317. The molecule has 0 radical (unpaired) electrons. The number of hydrogen-bond donors (Lipinski definition) is 0. The van der Waals surface area contributed by atoms with Crippen molar-refractivity contribution >= 4 is 34.7 Å². The van der Waals surface area contributed by atoms with Crippen LogP contribution in [0.3, 0.4) is 0 Å². The molecule has 3 rings (SSSR count). The van der Waals surface area contributed by atoms with Gasteiger partial charge in [0.2, 0.25) is 0 Å². The van der Waals surface area contributed by atoms with Gasteiger partial charge in [0.05, 0.1) is 24.8 Å². The Balaban J connectivity index is 1.90. The Morgan fingerprint density at radius 2 is 1.79 bits per heavy atom. The Morgan fingerprint density at radius 3 is 2.50 bits per heavy atom. The second-order valence-electron chi connectivity index (χ2n) is 5.70. The van der Waals surface area contributed by atoms with Crippen LogP contribution in [0.1, 0.15) is 5.56 Å². The van der Waals surface area contributed by atoms with E-state index in [0.717, 1.165) is 16.7 Å². The molecule has 1 fully saturated rings. The SMILES string of the molecule is C=CCOc1ccc(/C=C2\SC(=O)N(c3ccccc3OC)C2=O)cc1OC. The molecule has 1 saturated heterocycles. The lowest BCUT2D eigenvalue weighted by molar-refractivity contribution is -0.113. The Kier molecular flexibility index (Phi) is 6.06. The Bertz CT molecular complexity index is 954. The van der Waals surface area contributed by atoms with Crippen LogP contribution in [0.25, 0.3) is 6.08 Å². The van der Waals surface area contributed by atoms with Crippen LogP contribution >= 0.6 is 11.8 Å². The van der Waals surface area contributed by atoms with E-state index in [-0.39, 0.29) is 5.24 Å². The van der Waals surface area contributed by atoms with E-state index in [1.807, 2.05) is 0 Å². The molecule has 1 aliphatic heterocycles. The van der Waals surface area contributed by atoms with E-state index >= 15 is 0 Å². The van der Waals surface area contributed by atoms with E-state index in [0.29, 0.717) is 40.0 Å². The molecule has 0 atom stereocenters. The standard InChI is InChI=1S/C21H19NO5S/c1-4-11-27-17-10-9-14(12-18(17)26-3)13-19-20(23)22(21(24)28-19)15-7-5-6-8-16(15)25-2/h4-10,12-13H,1,11H2,2-3H3/b19-13-. The van der Waals surface area contributed by atoms with Gasteiger partial charge >= 0.3 is 0 Å². The van der Waals surface area contributed by atoms with E-state index in [9.17, 15) is 9.59 Å². The monoisotopic (exact) mass is 397 g/mol. The molecule has 2 amide bonds. The lowest BCUT2D eigenvalue weighted by Crippen LogP contribution is -2.28. The molecule has 0 N–H and O–H groups in total. The van der Waals surface area contributed by atoms with Crippen LogP contribution in [0.5, 0.6) is 17.2 Å². The largest absolute Gasteiger partial charge is 0.495 e. The van der Waals surface area contributed by atoms with E-state index in [4.69, 9.17) is 14.2 Å². The Hall–Kier alpha value is -3.19. The minimum atomic E-state index is -0.398. The number of benzene rings is 2. The lowest BCUT2D eigenvalue weighted by atomic mass is 10.1. The maximum atomic E-state index is 12.8. The Morgan fingerprint density at radius 1 is 1.04 bits per heavy atom. The average Bonchev–Trinajstić information content (AvgIpc) is 2.99. The second kappa shape index (κ2) is 8.67. The number of nitrogens with zero attached hydrogens (tertiary/aromatic N) is 1. The van der Waals surface area contributed by atoms with Crippen molar-refractivity contribution in [2.45, 2.75) is 0 Å². The number of carbonyl (C=O) groups excluding carboxylic acids is 2. The highest BCUT2D eigenvalue weighted by molar-refractivity contribution is 8.19. The predicted octanol–water partition coefficient (Wildman–Crippen LogP) is 4.51. The van der Waals surface area contributed by atoms with Crippen LogP contribution in [0, 0.1) is 0 Å². The molecule has 0 bridgehead atoms. The third kappa shape index (κ3) is 3.89. The highest BCUT2D eigenvalue weighted by Gasteiger charge is 2.37. The molecule has 7 heteroatoms. The predicted molar refractivity (Wildman–Crippen MR) is 110 cm³/mol. The topological polar surface area (TPSA) is 65.1 Å². The molecular weight excluding hydrogens is 378 g/mol. The van der Waals surface area contributed by atoms with Gasteiger partial charge in [-0.15, -0.1) is 0 Å². The van der Waals surface area contributed by atoms with Crippen molar-refractivity contribution in [3.05, 3.63) is 65.6 Å². The van der Waals surface area contributed by atoms with E-state index in [1.54, 1.807) is 54.6 Å². The van der Waals surface area contributed by atoms with E-state index in [2.05, 4.69) is 6.58 Å². The maximum absolute atomic E-state index is 12.8. The summed E-state index contributed by atoms with van der Waals surface area (Å²) in [6, 6.07) is 12.2. The number of para-hydroxylation sites is 2. The van der Waals surface area contributed by atoms with Gasteiger partial charge in [0, 0.05) is 0 Å². The first-order valence-electron chi connectivity index (χ1n) is 8.41. The summed E-state index contributed by atoms with van der Waals surface area (Å²) in [4.78, 5) is 26.7. The third-order valence-corrected chi connectivity index (χ3v) is 4.83. The van der Waals surface area contributed by atoms with Gasteiger partial charge in [-0.2, -0.15) is 0 Å². The molecule has 2 aromatic carbocycles. The molecule has 0 unspecified atom stereocenters. The van der Waals surface area contributed by atoms with Crippen molar-refractivity contribution in [1.29, 1.82) is 0 Å². The highest BCUT2D eigenvalue weighted by atomic mass is 32.2. The van der Waals surface area contributed by atoms with Gasteiger partial charge < -0.3 is 14.2 Å². The summed E-state index contributed by atoms with van der Waals surface area (Å²) < 4.78 is 16.1. The number of imide groups is 1. The molecule has 28 heavy (non-hydrogen) atoms. The molecule has 1 heterocycles. The number of rotatable bonds is 7. The first-order chi connectivity index (χ1) is 13.6. The molecule has 0 aliphatic carbocycles. The van der Waals surface area contributed by atoms with Crippen molar-refractivity contribution in [3.63, 3.8) is 0 Å². The van der Waals surface area contributed by atoms with E-state index < -0.39 is 5.91 Å². The van der Waals surface area contributed by atoms with Crippen LogP contribution in [-0.4, -0.2) is 32.0 Å². The van der Waals surface area contributed by atoms with Crippen molar-refractivity contribution in [2.75, 3.05) is 25.7 Å². The zero-order chi connectivity index (χ0) is 20.1. The summed E-state index contributed by atoms with van der Waals surface area (Å²) in [5, 5.41) is -0.376. The molecule has 144 valence electrons. The number of hydrogen-bond acceptors (Lipinski definition) is 6. The number of thioether (sulfide) groups is 1. The molecule has 6 nitrogen and oxygen atoms in total. The fourth-order valence-corrected chi connectivity index (χ4v) is 3.52. The summed E-state index contributed by atoms with van der Waals surface area (Å²) in [7, 11) is 3.03. The van der Waals surface area contributed by atoms with Crippen LogP contribution in [-0.2, 0) is 4.79 Å². The van der Waals surface area contributed by atoms with Crippen molar-refractivity contribution in [3.8, 4) is 17.2 Å². The van der Waals surface area contributed by atoms with Gasteiger partial charge in [-0.3, -0.25) is 9.59 Å². The first-order valence-corrected chi connectivity index (χ1v) is 9.23. The maximum Gasteiger partial charge on any atom is 0.298 e. The van der Waals surface area contributed by atoms with Crippen molar-refractivity contribution < 1.29 is 23.8 Å². The number of ether oxygens (including phenoxy) is 3. The van der Waals surface area contributed by atoms with Gasteiger partial charge in [-0.1, -0.05) is 30.9 Å². The number of carbonyl (C=O) groups is 2. The first kappa shape index (κ1) is 19.6. The van der Waals surface area contributed by atoms with Gasteiger partial charge in [-0.25, -0.2) is 4.90 Å². The summed E-state index contributed by atoms with van der Waals surface area (Å²) in [5.41, 5.74) is 1.13. The number of amides is 2. The zero-order valence-electron chi connectivity index (χ0n) is 15.5. The molecule has 1 aliphatic rings. The lowest BCUT2D eigenvalue weighted by Gasteiger charge is -2.15. The van der Waals surface area contributed by atoms with Gasteiger partial charge in [0.1, 0.15) is 12.4 Å². The summed E-state index contributed by atoms with van der Waals surface area (Å²) in [6.45, 7) is 3.97. The van der Waals surface area contributed by atoms with Gasteiger partial charge in [-0.05, 0) is 47.7 Å². The Labute approximate surface area is 167 Å². The summed E-state index contributed by atoms with van der Waals surface area (Å²) in [6.07, 6.45) is 3.29. The van der Waals surface area contributed by atoms with E-state index in [1.165, 1.54) is 14.2 Å². The van der Waals surface area contributed by atoms with Crippen LogP contribution in [0.15, 0.2) is 60.0 Å². The molecule has 2 aromatic rings. The van der Waals surface area contributed by atoms with Crippen LogP contribution < -0.4 is 19.1 Å². The highest BCUT2D eigenvalue weighted by Crippen LogP contribution is 2.40.